The third kappa shape index (κ3) is 4.30. The second kappa shape index (κ2) is 7.30. The number of rotatable bonds is 6. The summed E-state index contributed by atoms with van der Waals surface area (Å²) in [6.45, 7) is 1.99. The van der Waals surface area contributed by atoms with E-state index in [1.165, 1.54) is 11.3 Å². The molecule has 0 atom stereocenters. The lowest BCUT2D eigenvalue weighted by Gasteiger charge is -2.11. The van der Waals surface area contributed by atoms with E-state index in [2.05, 4.69) is 15.0 Å². The Bertz CT molecular complexity index is 1020. The molecule has 0 aliphatic heterocycles. The fourth-order valence-electron chi connectivity index (χ4n) is 2.35. The summed E-state index contributed by atoms with van der Waals surface area (Å²) in [5.41, 5.74) is 1.42. The normalized spacial score (nSPS) is 11.3. The van der Waals surface area contributed by atoms with Gasteiger partial charge in [-0.05, 0) is 30.7 Å². The molecule has 0 radical (unpaired) electrons. The van der Waals surface area contributed by atoms with Gasteiger partial charge in [-0.3, -0.25) is 9.52 Å². The summed E-state index contributed by atoms with van der Waals surface area (Å²) in [5, 5.41) is 3.42. The smallest absolute Gasteiger partial charge is 0.271 e. The SMILES string of the molecule is Cc1sc(-c2ccco2)nc1C(=O)NCc1ccccc1NS(C)(=O)=O. The number of nitrogens with zero attached hydrogens (tertiary/aromatic N) is 1. The van der Waals surface area contributed by atoms with Gasteiger partial charge in [-0.1, -0.05) is 18.2 Å². The van der Waals surface area contributed by atoms with Crippen LogP contribution in [0.4, 0.5) is 5.69 Å². The van der Waals surface area contributed by atoms with Gasteiger partial charge in [0.2, 0.25) is 10.0 Å². The monoisotopic (exact) mass is 391 g/mol. The summed E-state index contributed by atoms with van der Waals surface area (Å²) >= 11 is 1.38. The number of carbonyl (C=O) groups excluding carboxylic acids is 1. The van der Waals surface area contributed by atoms with E-state index in [0.29, 0.717) is 27.7 Å². The zero-order chi connectivity index (χ0) is 18.7. The Kier molecular flexibility index (Phi) is 5.10. The first-order valence-corrected chi connectivity index (χ1v) is 10.4. The van der Waals surface area contributed by atoms with Crippen molar-refractivity contribution >= 4 is 33.0 Å². The second-order valence-corrected chi connectivity index (χ2v) is 8.57. The van der Waals surface area contributed by atoms with Crippen LogP contribution >= 0.6 is 11.3 Å². The third-order valence-electron chi connectivity index (χ3n) is 3.50. The van der Waals surface area contributed by atoms with Crippen molar-refractivity contribution in [1.82, 2.24) is 10.3 Å². The van der Waals surface area contributed by atoms with Crippen LogP contribution < -0.4 is 10.0 Å². The van der Waals surface area contributed by atoms with Crippen molar-refractivity contribution in [2.75, 3.05) is 11.0 Å². The van der Waals surface area contributed by atoms with E-state index < -0.39 is 10.0 Å². The van der Waals surface area contributed by atoms with Crippen molar-refractivity contribution in [3.8, 4) is 10.8 Å². The summed E-state index contributed by atoms with van der Waals surface area (Å²) in [5.74, 6) is 0.283. The molecule has 0 saturated heterocycles. The lowest BCUT2D eigenvalue weighted by atomic mass is 10.2. The van der Waals surface area contributed by atoms with E-state index >= 15 is 0 Å². The molecule has 0 bridgehead atoms. The number of thiazole rings is 1. The summed E-state index contributed by atoms with van der Waals surface area (Å²) in [7, 11) is -3.40. The van der Waals surface area contributed by atoms with Crippen molar-refractivity contribution in [1.29, 1.82) is 0 Å². The van der Waals surface area contributed by atoms with Crippen LogP contribution in [0.25, 0.3) is 10.8 Å². The molecule has 0 saturated carbocycles. The topological polar surface area (TPSA) is 101 Å². The Morgan fingerprint density at radius 3 is 2.69 bits per heavy atom. The predicted octanol–water partition coefficient (Wildman–Crippen LogP) is 3.01. The van der Waals surface area contributed by atoms with E-state index in [0.717, 1.165) is 11.1 Å². The van der Waals surface area contributed by atoms with Crippen LogP contribution in [-0.4, -0.2) is 25.6 Å². The maximum absolute atomic E-state index is 12.5. The number of aryl methyl sites for hydroxylation is 1. The van der Waals surface area contributed by atoms with Crippen LogP contribution in [0.2, 0.25) is 0 Å². The number of hydrogen-bond donors (Lipinski definition) is 2. The molecule has 1 amide bonds. The highest BCUT2D eigenvalue weighted by Gasteiger charge is 2.18. The molecule has 1 aromatic carbocycles. The van der Waals surface area contributed by atoms with E-state index in [1.54, 1.807) is 42.7 Å². The van der Waals surface area contributed by atoms with Gasteiger partial charge in [0.25, 0.3) is 5.91 Å². The first-order valence-electron chi connectivity index (χ1n) is 7.68. The number of aromatic nitrogens is 1. The Morgan fingerprint density at radius 2 is 2.00 bits per heavy atom. The summed E-state index contributed by atoms with van der Waals surface area (Å²) in [6, 6.07) is 10.4. The lowest BCUT2D eigenvalue weighted by molar-refractivity contribution is 0.0946. The first-order chi connectivity index (χ1) is 12.3. The molecule has 3 rings (SSSR count). The van der Waals surface area contributed by atoms with Crippen molar-refractivity contribution in [2.24, 2.45) is 0 Å². The van der Waals surface area contributed by atoms with Gasteiger partial charge < -0.3 is 9.73 Å². The van der Waals surface area contributed by atoms with Gasteiger partial charge >= 0.3 is 0 Å². The molecular formula is C17H17N3O4S2. The number of hydrogen-bond acceptors (Lipinski definition) is 6. The van der Waals surface area contributed by atoms with E-state index in [4.69, 9.17) is 4.42 Å². The van der Waals surface area contributed by atoms with E-state index in [-0.39, 0.29) is 12.5 Å². The Balaban J connectivity index is 1.74. The predicted molar refractivity (Wildman–Crippen MR) is 101 cm³/mol. The molecular weight excluding hydrogens is 374 g/mol. The molecule has 0 fully saturated rings. The zero-order valence-corrected chi connectivity index (χ0v) is 15.8. The number of nitrogens with one attached hydrogen (secondary N) is 2. The van der Waals surface area contributed by atoms with E-state index in [1.807, 2.05) is 6.92 Å². The Labute approximate surface area is 155 Å². The standard InChI is InChI=1S/C17H17N3O4S2/c1-11-15(19-17(25-11)14-8-5-9-24-14)16(21)18-10-12-6-3-4-7-13(12)20-26(2,22)23/h3-9,20H,10H2,1-2H3,(H,18,21). The van der Waals surface area contributed by atoms with Gasteiger partial charge in [0.05, 0.1) is 18.2 Å². The summed E-state index contributed by atoms with van der Waals surface area (Å²) < 4.78 is 30.7. The average molecular weight is 391 g/mol. The van der Waals surface area contributed by atoms with Crippen molar-refractivity contribution < 1.29 is 17.6 Å². The van der Waals surface area contributed by atoms with Gasteiger partial charge in [-0.2, -0.15) is 0 Å². The second-order valence-electron chi connectivity index (χ2n) is 5.62. The van der Waals surface area contributed by atoms with Crippen LogP contribution in [0.1, 0.15) is 20.9 Å². The van der Waals surface area contributed by atoms with Gasteiger partial charge in [-0.25, -0.2) is 13.4 Å². The average Bonchev–Trinajstić information content (AvgIpc) is 3.21. The molecule has 136 valence electrons. The minimum Gasteiger partial charge on any atom is -0.462 e. The molecule has 0 aliphatic rings. The first kappa shape index (κ1) is 18.2. The Morgan fingerprint density at radius 1 is 1.23 bits per heavy atom. The number of anilines is 1. The maximum Gasteiger partial charge on any atom is 0.271 e. The maximum atomic E-state index is 12.5. The molecule has 3 aromatic rings. The van der Waals surface area contributed by atoms with Crippen LogP contribution in [0.5, 0.6) is 0 Å². The van der Waals surface area contributed by atoms with Crippen molar-refractivity contribution in [2.45, 2.75) is 13.5 Å². The van der Waals surface area contributed by atoms with Crippen molar-refractivity contribution in [3.05, 3.63) is 58.8 Å². The fourth-order valence-corrected chi connectivity index (χ4v) is 3.82. The van der Waals surface area contributed by atoms with Gasteiger partial charge in [0, 0.05) is 11.4 Å². The Hall–Kier alpha value is -2.65. The highest BCUT2D eigenvalue weighted by molar-refractivity contribution is 7.92. The minimum atomic E-state index is -3.40. The molecule has 9 heteroatoms. The summed E-state index contributed by atoms with van der Waals surface area (Å²) in [6.07, 6.45) is 2.63. The van der Waals surface area contributed by atoms with Gasteiger partial charge in [0.1, 0.15) is 5.69 Å². The molecule has 26 heavy (non-hydrogen) atoms. The van der Waals surface area contributed by atoms with Crippen LogP contribution in [-0.2, 0) is 16.6 Å². The molecule has 0 spiro atoms. The molecule has 2 aromatic heterocycles. The quantitative estimate of drug-likeness (QED) is 0.673. The number of furan rings is 1. The lowest BCUT2D eigenvalue weighted by Crippen LogP contribution is -2.24. The van der Waals surface area contributed by atoms with Crippen LogP contribution in [0, 0.1) is 6.92 Å². The molecule has 2 heterocycles. The van der Waals surface area contributed by atoms with E-state index in [9.17, 15) is 13.2 Å². The molecule has 7 nitrogen and oxygen atoms in total. The largest absolute Gasteiger partial charge is 0.462 e. The van der Waals surface area contributed by atoms with Crippen LogP contribution in [0.15, 0.2) is 47.1 Å². The number of amides is 1. The minimum absolute atomic E-state index is 0.171. The zero-order valence-electron chi connectivity index (χ0n) is 14.1. The molecule has 0 unspecified atom stereocenters. The van der Waals surface area contributed by atoms with Gasteiger partial charge in [-0.15, -0.1) is 11.3 Å². The number of sulfonamides is 1. The summed E-state index contributed by atoms with van der Waals surface area (Å²) in [4.78, 5) is 17.6. The highest BCUT2D eigenvalue weighted by Crippen LogP contribution is 2.28. The number of carbonyl (C=O) groups is 1. The molecule has 2 N–H and O–H groups in total. The third-order valence-corrected chi connectivity index (χ3v) is 5.07. The van der Waals surface area contributed by atoms with Crippen molar-refractivity contribution in [3.63, 3.8) is 0 Å². The fraction of sp³-hybridized carbons (Fsp3) is 0.176. The van der Waals surface area contributed by atoms with Crippen LogP contribution in [0.3, 0.4) is 0 Å². The molecule has 0 aliphatic carbocycles. The highest BCUT2D eigenvalue weighted by atomic mass is 32.2. The van der Waals surface area contributed by atoms with Gasteiger partial charge in [0.15, 0.2) is 10.8 Å². The number of para-hydroxylation sites is 1. The number of benzene rings is 1.